The number of nitrogens with one attached hydrogen (secondary N) is 2. The normalized spacial score (nSPS) is 14.1. The van der Waals surface area contributed by atoms with Crippen molar-refractivity contribution in [1.29, 1.82) is 0 Å². The molecule has 1 aromatic carbocycles. The Kier molecular flexibility index (Phi) is 3.76. The number of hydrogen-bond acceptors (Lipinski definition) is 3. The molecule has 2 heterocycles. The minimum atomic E-state index is -3.56. The highest BCUT2D eigenvalue weighted by molar-refractivity contribution is 7.89. The van der Waals surface area contributed by atoms with Crippen molar-refractivity contribution in [3.8, 4) is 0 Å². The van der Waals surface area contributed by atoms with Gasteiger partial charge in [-0.3, -0.25) is 4.79 Å². The van der Waals surface area contributed by atoms with E-state index in [1.807, 2.05) is 6.07 Å². The molecule has 0 saturated carbocycles. The summed E-state index contributed by atoms with van der Waals surface area (Å²) in [5.41, 5.74) is 2.56. The molecule has 3 rings (SSSR count). The van der Waals surface area contributed by atoms with Crippen molar-refractivity contribution in [3.63, 3.8) is 0 Å². The monoisotopic (exact) mass is 319 g/mol. The van der Waals surface area contributed by atoms with E-state index in [9.17, 15) is 13.2 Å². The molecule has 22 heavy (non-hydrogen) atoms. The summed E-state index contributed by atoms with van der Waals surface area (Å²) < 4.78 is 27.3. The summed E-state index contributed by atoms with van der Waals surface area (Å²) in [6.07, 6.45) is 4.17. The molecule has 0 saturated heterocycles. The Hall–Kier alpha value is -2.12. The van der Waals surface area contributed by atoms with Gasteiger partial charge in [0.15, 0.2) is 0 Å². The number of rotatable bonds is 4. The highest BCUT2D eigenvalue weighted by Crippen LogP contribution is 2.30. The number of benzene rings is 1. The third-order valence-corrected chi connectivity index (χ3v) is 5.16. The Labute approximate surface area is 129 Å². The standard InChI is InChI=1S/C15H17N3O3S/c1-11(19)18-7-5-13-8-14(2-3-15(13)18)22(20,21)17-10-12-4-6-16-9-12/h2-4,6,8-9,16-17H,5,7,10H2,1H3. The predicted octanol–water partition coefficient (Wildman–Crippen LogP) is 1.40. The molecule has 0 unspecified atom stereocenters. The van der Waals surface area contributed by atoms with Gasteiger partial charge in [-0.1, -0.05) is 0 Å². The Morgan fingerprint density at radius 2 is 2.18 bits per heavy atom. The first-order valence-corrected chi connectivity index (χ1v) is 8.48. The largest absolute Gasteiger partial charge is 0.367 e. The van der Waals surface area contributed by atoms with Crippen LogP contribution in [0.1, 0.15) is 18.1 Å². The average molecular weight is 319 g/mol. The highest BCUT2D eigenvalue weighted by atomic mass is 32.2. The van der Waals surface area contributed by atoms with Crippen molar-refractivity contribution in [2.45, 2.75) is 24.8 Å². The number of carbonyl (C=O) groups is 1. The van der Waals surface area contributed by atoms with Crippen LogP contribution in [0.4, 0.5) is 5.69 Å². The van der Waals surface area contributed by atoms with Crippen LogP contribution in [0, 0.1) is 0 Å². The van der Waals surface area contributed by atoms with Gasteiger partial charge in [-0.15, -0.1) is 0 Å². The van der Waals surface area contributed by atoms with Gasteiger partial charge < -0.3 is 9.88 Å². The van der Waals surface area contributed by atoms with Crippen LogP contribution in [0.25, 0.3) is 0 Å². The number of hydrogen-bond donors (Lipinski definition) is 2. The predicted molar refractivity (Wildman–Crippen MR) is 83.0 cm³/mol. The zero-order valence-corrected chi connectivity index (χ0v) is 13.0. The third-order valence-electron chi connectivity index (χ3n) is 3.77. The molecular weight excluding hydrogens is 302 g/mol. The molecule has 0 aliphatic carbocycles. The Morgan fingerprint density at radius 1 is 1.36 bits per heavy atom. The summed E-state index contributed by atoms with van der Waals surface area (Å²) in [5, 5.41) is 0. The highest BCUT2D eigenvalue weighted by Gasteiger charge is 2.24. The van der Waals surface area contributed by atoms with Crippen molar-refractivity contribution in [1.82, 2.24) is 9.71 Å². The first-order chi connectivity index (χ1) is 10.5. The molecule has 1 amide bonds. The van der Waals surface area contributed by atoms with Gasteiger partial charge in [-0.05, 0) is 41.8 Å². The third kappa shape index (κ3) is 2.77. The minimum absolute atomic E-state index is 0.0278. The van der Waals surface area contributed by atoms with E-state index in [4.69, 9.17) is 0 Å². The molecule has 0 radical (unpaired) electrons. The van der Waals surface area contributed by atoms with Crippen LogP contribution in [0.3, 0.4) is 0 Å². The number of anilines is 1. The van der Waals surface area contributed by atoms with Crippen molar-refractivity contribution in [3.05, 3.63) is 47.8 Å². The van der Waals surface area contributed by atoms with Crippen molar-refractivity contribution in [2.24, 2.45) is 0 Å². The smallest absolute Gasteiger partial charge is 0.240 e. The molecule has 1 aliphatic rings. The van der Waals surface area contributed by atoms with Gasteiger partial charge in [0.25, 0.3) is 0 Å². The molecule has 0 atom stereocenters. The number of amides is 1. The number of nitrogens with zero attached hydrogens (tertiary/aromatic N) is 1. The second-order valence-electron chi connectivity index (χ2n) is 5.25. The van der Waals surface area contributed by atoms with E-state index in [1.165, 1.54) is 6.92 Å². The summed E-state index contributed by atoms with van der Waals surface area (Å²) >= 11 is 0. The van der Waals surface area contributed by atoms with Crippen LogP contribution in [-0.4, -0.2) is 25.9 Å². The molecule has 7 heteroatoms. The van der Waals surface area contributed by atoms with Crippen LogP contribution in [0.2, 0.25) is 0 Å². The van der Waals surface area contributed by atoms with Gasteiger partial charge in [0, 0.05) is 38.1 Å². The zero-order chi connectivity index (χ0) is 15.7. The maximum absolute atomic E-state index is 12.3. The van der Waals surface area contributed by atoms with Gasteiger partial charge in [-0.2, -0.15) is 0 Å². The molecule has 2 N–H and O–H groups in total. The molecule has 1 aliphatic heterocycles. The van der Waals surface area contributed by atoms with Gasteiger partial charge in [0.1, 0.15) is 0 Å². The van der Waals surface area contributed by atoms with Gasteiger partial charge >= 0.3 is 0 Å². The maximum Gasteiger partial charge on any atom is 0.240 e. The van der Waals surface area contributed by atoms with E-state index in [2.05, 4.69) is 9.71 Å². The lowest BCUT2D eigenvalue weighted by Gasteiger charge is -2.15. The molecular formula is C15H17N3O3S. The first-order valence-electron chi connectivity index (χ1n) is 7.00. The zero-order valence-electron chi connectivity index (χ0n) is 12.2. The fourth-order valence-corrected chi connectivity index (χ4v) is 3.67. The van der Waals surface area contributed by atoms with Crippen LogP contribution in [0.15, 0.2) is 41.6 Å². The quantitative estimate of drug-likeness (QED) is 0.894. The van der Waals surface area contributed by atoms with Gasteiger partial charge in [0.05, 0.1) is 4.90 Å². The second-order valence-corrected chi connectivity index (χ2v) is 7.02. The fourth-order valence-electron chi connectivity index (χ4n) is 2.60. The van der Waals surface area contributed by atoms with Crippen LogP contribution >= 0.6 is 0 Å². The van der Waals surface area contributed by atoms with Gasteiger partial charge in [-0.25, -0.2) is 13.1 Å². The Bertz CT molecular complexity index is 797. The number of sulfonamides is 1. The second kappa shape index (κ2) is 5.58. The summed E-state index contributed by atoms with van der Waals surface area (Å²) in [6, 6.07) is 6.71. The molecule has 116 valence electrons. The summed E-state index contributed by atoms with van der Waals surface area (Å²) in [4.78, 5) is 16.3. The molecule has 0 bridgehead atoms. The SMILES string of the molecule is CC(=O)N1CCc2cc(S(=O)(=O)NCc3cc[nH]c3)ccc21. The average Bonchev–Trinajstić information content (AvgIpc) is 3.13. The molecule has 2 aromatic rings. The maximum atomic E-state index is 12.3. The van der Waals surface area contributed by atoms with E-state index < -0.39 is 10.0 Å². The number of aromatic amines is 1. The van der Waals surface area contributed by atoms with Crippen molar-refractivity contribution >= 4 is 21.6 Å². The number of fused-ring (bicyclic) bond motifs is 1. The fraction of sp³-hybridized carbons (Fsp3) is 0.267. The number of carbonyl (C=O) groups excluding carboxylic acids is 1. The Morgan fingerprint density at radius 3 is 2.86 bits per heavy atom. The van der Waals surface area contributed by atoms with Crippen LogP contribution in [-0.2, 0) is 27.8 Å². The molecule has 0 fully saturated rings. The van der Waals surface area contributed by atoms with E-state index in [1.54, 1.807) is 35.5 Å². The van der Waals surface area contributed by atoms with Crippen molar-refractivity contribution < 1.29 is 13.2 Å². The summed E-state index contributed by atoms with van der Waals surface area (Å²) in [5.74, 6) is -0.0278. The van der Waals surface area contributed by atoms with Crippen LogP contribution in [0.5, 0.6) is 0 Å². The lowest BCUT2D eigenvalue weighted by Crippen LogP contribution is -2.26. The molecule has 6 nitrogen and oxygen atoms in total. The van der Waals surface area contributed by atoms with E-state index in [0.717, 1.165) is 16.8 Å². The van der Waals surface area contributed by atoms with E-state index in [-0.39, 0.29) is 17.3 Å². The lowest BCUT2D eigenvalue weighted by molar-refractivity contribution is -0.116. The molecule has 0 spiro atoms. The first kappa shape index (κ1) is 14.8. The van der Waals surface area contributed by atoms with E-state index in [0.29, 0.717) is 13.0 Å². The van der Waals surface area contributed by atoms with Crippen LogP contribution < -0.4 is 9.62 Å². The number of aromatic nitrogens is 1. The molecule has 1 aromatic heterocycles. The minimum Gasteiger partial charge on any atom is -0.367 e. The lowest BCUT2D eigenvalue weighted by atomic mass is 10.2. The number of H-pyrrole nitrogens is 1. The van der Waals surface area contributed by atoms with Gasteiger partial charge in [0.2, 0.25) is 15.9 Å². The summed E-state index contributed by atoms with van der Waals surface area (Å²) in [7, 11) is -3.56. The van der Waals surface area contributed by atoms with Crippen molar-refractivity contribution in [2.75, 3.05) is 11.4 Å². The Balaban J connectivity index is 1.82. The van der Waals surface area contributed by atoms with E-state index >= 15 is 0 Å². The summed E-state index contributed by atoms with van der Waals surface area (Å²) in [6.45, 7) is 2.35. The topological polar surface area (TPSA) is 82.3 Å².